The minimum absolute atomic E-state index is 0.0569. The first-order valence-electron chi connectivity index (χ1n) is 7.93. The summed E-state index contributed by atoms with van der Waals surface area (Å²) in [6, 6.07) is 6.08. The van der Waals surface area contributed by atoms with Gasteiger partial charge in [0.2, 0.25) is 21.8 Å². The van der Waals surface area contributed by atoms with Crippen LogP contribution in [0.2, 0.25) is 0 Å². The van der Waals surface area contributed by atoms with E-state index in [4.69, 9.17) is 0 Å². The minimum Gasteiger partial charge on any atom is -0.274 e. The summed E-state index contributed by atoms with van der Waals surface area (Å²) in [5.74, 6) is -0.479. The standard InChI is InChI=1S/C16H20N2O4S/c1-2-12-4-3-11-17(12)23(21,22)14-7-5-13(6-8-14)18-15(19)9-10-16(18)20/h5-8,12H,2-4,9-11H2,1H3. The number of nitrogens with zero attached hydrogens (tertiary/aromatic N) is 2. The summed E-state index contributed by atoms with van der Waals surface area (Å²) in [5.41, 5.74) is 0.435. The highest BCUT2D eigenvalue weighted by molar-refractivity contribution is 7.89. The number of hydrogen-bond donors (Lipinski definition) is 0. The molecule has 7 heteroatoms. The van der Waals surface area contributed by atoms with Gasteiger partial charge in [-0.3, -0.25) is 14.5 Å². The molecule has 1 aromatic carbocycles. The fraction of sp³-hybridized carbons (Fsp3) is 0.500. The maximum atomic E-state index is 12.7. The van der Waals surface area contributed by atoms with Gasteiger partial charge in [-0.2, -0.15) is 4.31 Å². The van der Waals surface area contributed by atoms with E-state index in [2.05, 4.69) is 0 Å². The minimum atomic E-state index is -3.52. The van der Waals surface area contributed by atoms with Gasteiger partial charge in [-0.15, -0.1) is 0 Å². The molecule has 2 fully saturated rings. The van der Waals surface area contributed by atoms with Gasteiger partial charge < -0.3 is 0 Å². The second kappa shape index (κ2) is 6.05. The molecule has 3 rings (SSSR count). The Kier molecular flexibility index (Phi) is 4.25. The first kappa shape index (κ1) is 16.1. The van der Waals surface area contributed by atoms with Gasteiger partial charge in [0.15, 0.2) is 0 Å². The maximum absolute atomic E-state index is 12.7. The van der Waals surface area contributed by atoms with Crippen molar-refractivity contribution in [2.45, 2.75) is 50.0 Å². The number of benzene rings is 1. The van der Waals surface area contributed by atoms with E-state index in [0.29, 0.717) is 12.2 Å². The van der Waals surface area contributed by atoms with Gasteiger partial charge in [-0.1, -0.05) is 6.92 Å². The molecule has 1 atom stereocenters. The van der Waals surface area contributed by atoms with Crippen LogP contribution in [0.3, 0.4) is 0 Å². The molecule has 0 N–H and O–H groups in total. The molecular formula is C16H20N2O4S. The highest BCUT2D eigenvalue weighted by Gasteiger charge is 2.35. The van der Waals surface area contributed by atoms with Crippen molar-refractivity contribution in [2.24, 2.45) is 0 Å². The molecule has 0 spiro atoms. The number of hydrogen-bond acceptors (Lipinski definition) is 4. The number of anilines is 1. The third kappa shape index (κ3) is 2.79. The van der Waals surface area contributed by atoms with Gasteiger partial charge >= 0.3 is 0 Å². The van der Waals surface area contributed by atoms with Crippen molar-refractivity contribution in [3.8, 4) is 0 Å². The van der Waals surface area contributed by atoms with E-state index in [1.807, 2.05) is 6.92 Å². The van der Waals surface area contributed by atoms with E-state index in [0.717, 1.165) is 24.2 Å². The largest absolute Gasteiger partial charge is 0.274 e. The van der Waals surface area contributed by atoms with Gasteiger partial charge in [0.05, 0.1) is 10.6 Å². The van der Waals surface area contributed by atoms with Crippen LogP contribution in [0, 0.1) is 0 Å². The second-order valence-corrected chi connectivity index (χ2v) is 7.83. The number of amides is 2. The van der Waals surface area contributed by atoms with Crippen LogP contribution in [0.5, 0.6) is 0 Å². The Labute approximate surface area is 136 Å². The van der Waals surface area contributed by atoms with E-state index < -0.39 is 10.0 Å². The average Bonchev–Trinajstić information content (AvgIpc) is 3.14. The summed E-state index contributed by atoms with van der Waals surface area (Å²) in [6.45, 7) is 2.54. The average molecular weight is 336 g/mol. The molecule has 2 amide bonds. The predicted molar refractivity (Wildman–Crippen MR) is 85.4 cm³/mol. The monoisotopic (exact) mass is 336 g/mol. The number of rotatable bonds is 4. The number of sulfonamides is 1. The van der Waals surface area contributed by atoms with E-state index in [1.165, 1.54) is 24.3 Å². The van der Waals surface area contributed by atoms with Crippen LogP contribution in [0.15, 0.2) is 29.2 Å². The molecule has 2 aliphatic rings. The van der Waals surface area contributed by atoms with Crippen molar-refractivity contribution in [2.75, 3.05) is 11.4 Å². The third-order valence-corrected chi connectivity index (χ3v) is 6.51. The van der Waals surface area contributed by atoms with Crippen molar-refractivity contribution >= 4 is 27.5 Å². The Bertz CT molecular complexity index is 711. The van der Waals surface area contributed by atoms with E-state index in [9.17, 15) is 18.0 Å². The summed E-state index contributed by atoms with van der Waals surface area (Å²) in [4.78, 5) is 24.8. The lowest BCUT2D eigenvalue weighted by molar-refractivity contribution is -0.121. The third-order valence-electron chi connectivity index (χ3n) is 4.55. The highest BCUT2D eigenvalue weighted by Crippen LogP contribution is 2.29. The van der Waals surface area contributed by atoms with Gasteiger partial charge in [0, 0.05) is 25.4 Å². The number of imide groups is 1. The van der Waals surface area contributed by atoms with Crippen molar-refractivity contribution in [1.29, 1.82) is 0 Å². The maximum Gasteiger partial charge on any atom is 0.243 e. The summed E-state index contributed by atoms with van der Waals surface area (Å²) in [6.07, 6.45) is 3.00. The van der Waals surface area contributed by atoms with Gasteiger partial charge in [-0.25, -0.2) is 8.42 Å². The molecule has 23 heavy (non-hydrogen) atoms. The number of carbonyl (C=O) groups excluding carboxylic acids is 2. The Morgan fingerprint density at radius 3 is 2.26 bits per heavy atom. The molecule has 0 aromatic heterocycles. The van der Waals surface area contributed by atoms with Crippen LogP contribution in [-0.4, -0.2) is 37.1 Å². The fourth-order valence-electron chi connectivity index (χ4n) is 3.30. The zero-order valence-corrected chi connectivity index (χ0v) is 13.9. The molecule has 2 saturated heterocycles. The predicted octanol–water partition coefficient (Wildman–Crippen LogP) is 1.90. The molecule has 0 aliphatic carbocycles. The first-order chi connectivity index (χ1) is 10.9. The van der Waals surface area contributed by atoms with E-state index >= 15 is 0 Å². The van der Waals surface area contributed by atoms with Crippen LogP contribution in [0.4, 0.5) is 5.69 Å². The highest BCUT2D eigenvalue weighted by atomic mass is 32.2. The lowest BCUT2D eigenvalue weighted by Gasteiger charge is -2.23. The summed E-state index contributed by atoms with van der Waals surface area (Å²) >= 11 is 0. The lowest BCUT2D eigenvalue weighted by atomic mass is 10.2. The Balaban J connectivity index is 1.87. The molecule has 2 aliphatic heterocycles. The second-order valence-electron chi connectivity index (χ2n) is 5.94. The van der Waals surface area contributed by atoms with Crippen molar-refractivity contribution in [3.63, 3.8) is 0 Å². The van der Waals surface area contributed by atoms with E-state index in [1.54, 1.807) is 4.31 Å². The Hall–Kier alpha value is -1.73. The van der Waals surface area contributed by atoms with Crippen molar-refractivity contribution in [1.82, 2.24) is 4.31 Å². The zero-order valence-electron chi connectivity index (χ0n) is 13.1. The van der Waals surface area contributed by atoms with E-state index in [-0.39, 0.29) is 35.6 Å². The molecular weight excluding hydrogens is 316 g/mol. The molecule has 6 nitrogen and oxygen atoms in total. The van der Waals surface area contributed by atoms with Gasteiger partial charge in [-0.05, 0) is 43.5 Å². The molecule has 0 radical (unpaired) electrons. The topological polar surface area (TPSA) is 74.8 Å². The Morgan fingerprint density at radius 2 is 1.70 bits per heavy atom. The molecule has 2 heterocycles. The lowest BCUT2D eigenvalue weighted by Crippen LogP contribution is -2.35. The molecule has 0 bridgehead atoms. The van der Waals surface area contributed by atoms with Gasteiger partial charge in [0.25, 0.3) is 0 Å². The Morgan fingerprint density at radius 1 is 1.09 bits per heavy atom. The first-order valence-corrected chi connectivity index (χ1v) is 9.37. The zero-order chi connectivity index (χ0) is 16.6. The van der Waals surface area contributed by atoms with Crippen molar-refractivity contribution < 1.29 is 18.0 Å². The summed E-state index contributed by atoms with van der Waals surface area (Å²) < 4.78 is 27.1. The molecule has 1 aromatic rings. The van der Waals surface area contributed by atoms with Crippen LogP contribution in [-0.2, 0) is 19.6 Å². The van der Waals surface area contributed by atoms with Crippen LogP contribution in [0.1, 0.15) is 39.0 Å². The van der Waals surface area contributed by atoms with Crippen LogP contribution >= 0.6 is 0 Å². The van der Waals surface area contributed by atoms with Crippen molar-refractivity contribution in [3.05, 3.63) is 24.3 Å². The van der Waals surface area contributed by atoms with Crippen LogP contribution in [0.25, 0.3) is 0 Å². The van der Waals surface area contributed by atoms with Gasteiger partial charge in [0.1, 0.15) is 0 Å². The summed E-state index contributed by atoms with van der Waals surface area (Å²) in [7, 11) is -3.52. The number of carbonyl (C=O) groups is 2. The molecule has 1 unspecified atom stereocenters. The molecule has 0 saturated carbocycles. The van der Waals surface area contributed by atoms with Crippen LogP contribution < -0.4 is 4.90 Å². The normalized spacial score (nSPS) is 23.0. The SMILES string of the molecule is CCC1CCCN1S(=O)(=O)c1ccc(N2C(=O)CCC2=O)cc1. The summed E-state index contributed by atoms with van der Waals surface area (Å²) in [5, 5.41) is 0. The smallest absolute Gasteiger partial charge is 0.243 e. The fourth-order valence-corrected chi connectivity index (χ4v) is 5.07. The molecule has 124 valence electrons. The quantitative estimate of drug-likeness (QED) is 0.787.